The number of guanidine groups is 1. The average Bonchev–Trinajstić information content (AvgIpc) is 2.63. The molecule has 1 aromatic rings. The molecular formula is C17H28N4O3. The van der Waals surface area contributed by atoms with Crippen LogP contribution >= 0.6 is 0 Å². The summed E-state index contributed by atoms with van der Waals surface area (Å²) in [5.41, 5.74) is 0.661. The highest BCUT2D eigenvalue weighted by atomic mass is 16.5. The molecule has 24 heavy (non-hydrogen) atoms. The molecule has 7 nitrogen and oxygen atoms in total. The van der Waals surface area contributed by atoms with Crippen LogP contribution in [0.2, 0.25) is 0 Å². The monoisotopic (exact) mass is 336 g/mol. The predicted molar refractivity (Wildman–Crippen MR) is 95.5 cm³/mol. The second kappa shape index (κ2) is 13.3. The SMILES string of the molecule is CN=C(NCCCOCCOC)NCCNC(=O)c1ccccc1. The fourth-order valence-electron chi connectivity index (χ4n) is 1.89. The third-order valence-electron chi connectivity index (χ3n) is 3.15. The Labute approximate surface area is 143 Å². The maximum absolute atomic E-state index is 11.9. The van der Waals surface area contributed by atoms with Crippen LogP contribution in [-0.2, 0) is 9.47 Å². The molecule has 0 radical (unpaired) electrons. The number of carbonyl (C=O) groups is 1. The Morgan fingerprint density at radius 1 is 1.00 bits per heavy atom. The topological polar surface area (TPSA) is 84.0 Å². The summed E-state index contributed by atoms with van der Waals surface area (Å²) in [6.45, 7) is 3.80. The van der Waals surface area contributed by atoms with E-state index in [9.17, 15) is 4.79 Å². The van der Waals surface area contributed by atoms with Gasteiger partial charge in [-0.3, -0.25) is 9.79 Å². The molecule has 0 atom stereocenters. The van der Waals surface area contributed by atoms with Gasteiger partial charge in [0.1, 0.15) is 0 Å². The minimum atomic E-state index is -0.0754. The van der Waals surface area contributed by atoms with Gasteiger partial charge in [-0.2, -0.15) is 0 Å². The van der Waals surface area contributed by atoms with Crippen molar-refractivity contribution in [1.29, 1.82) is 0 Å². The molecule has 1 rings (SSSR count). The molecule has 134 valence electrons. The van der Waals surface area contributed by atoms with Crippen molar-refractivity contribution in [3.05, 3.63) is 35.9 Å². The first-order chi connectivity index (χ1) is 11.8. The molecule has 0 aromatic heterocycles. The fraction of sp³-hybridized carbons (Fsp3) is 0.529. The summed E-state index contributed by atoms with van der Waals surface area (Å²) >= 11 is 0. The van der Waals surface area contributed by atoms with Crippen molar-refractivity contribution in [2.75, 3.05) is 53.6 Å². The molecule has 0 aliphatic rings. The number of carbonyl (C=O) groups excluding carboxylic acids is 1. The van der Waals surface area contributed by atoms with E-state index >= 15 is 0 Å². The zero-order valence-electron chi connectivity index (χ0n) is 14.5. The molecule has 3 N–H and O–H groups in total. The van der Waals surface area contributed by atoms with Gasteiger partial charge >= 0.3 is 0 Å². The number of aliphatic imine (C=N–C) groups is 1. The van der Waals surface area contributed by atoms with E-state index in [1.54, 1.807) is 26.3 Å². The summed E-state index contributed by atoms with van der Waals surface area (Å²) in [5, 5.41) is 9.20. The quantitative estimate of drug-likeness (QED) is 0.314. The van der Waals surface area contributed by atoms with Crippen LogP contribution in [0.25, 0.3) is 0 Å². The highest BCUT2D eigenvalue weighted by Gasteiger charge is 2.03. The minimum absolute atomic E-state index is 0.0754. The van der Waals surface area contributed by atoms with Gasteiger partial charge in [-0.1, -0.05) is 18.2 Å². The summed E-state index contributed by atoms with van der Waals surface area (Å²) < 4.78 is 10.3. The normalized spacial score (nSPS) is 11.2. The van der Waals surface area contributed by atoms with E-state index in [1.807, 2.05) is 18.2 Å². The molecule has 7 heteroatoms. The molecule has 0 aliphatic carbocycles. The van der Waals surface area contributed by atoms with Crippen molar-refractivity contribution in [3.63, 3.8) is 0 Å². The van der Waals surface area contributed by atoms with Crippen LogP contribution in [0.15, 0.2) is 35.3 Å². The molecule has 0 bridgehead atoms. The molecule has 1 aromatic carbocycles. The van der Waals surface area contributed by atoms with Crippen molar-refractivity contribution >= 4 is 11.9 Å². The predicted octanol–water partition coefficient (Wildman–Crippen LogP) is 0.635. The molecule has 1 amide bonds. The van der Waals surface area contributed by atoms with Crippen molar-refractivity contribution < 1.29 is 14.3 Å². The van der Waals surface area contributed by atoms with E-state index in [0.29, 0.717) is 44.4 Å². The molecule has 0 saturated carbocycles. The van der Waals surface area contributed by atoms with Crippen LogP contribution in [0.1, 0.15) is 16.8 Å². The van der Waals surface area contributed by atoms with Crippen LogP contribution in [0.5, 0.6) is 0 Å². The number of hydrogen-bond acceptors (Lipinski definition) is 4. The maximum atomic E-state index is 11.9. The second-order valence-electron chi connectivity index (χ2n) is 5.01. The Hall–Kier alpha value is -2.12. The summed E-state index contributed by atoms with van der Waals surface area (Å²) in [5.74, 6) is 0.634. The van der Waals surface area contributed by atoms with Crippen LogP contribution in [-0.4, -0.2) is 65.5 Å². The number of nitrogens with zero attached hydrogens (tertiary/aromatic N) is 1. The van der Waals surface area contributed by atoms with E-state index in [0.717, 1.165) is 13.0 Å². The number of ether oxygens (including phenoxy) is 2. The number of methoxy groups -OCH3 is 1. The van der Waals surface area contributed by atoms with Gasteiger partial charge in [0, 0.05) is 46.0 Å². The standard InChI is InChI=1S/C17H28N4O3/c1-18-17(20-9-6-12-24-14-13-23-2)21-11-10-19-16(22)15-7-4-3-5-8-15/h3-5,7-8H,6,9-14H2,1-2H3,(H,19,22)(H2,18,20,21). The minimum Gasteiger partial charge on any atom is -0.382 e. The van der Waals surface area contributed by atoms with Gasteiger partial charge in [0.05, 0.1) is 13.2 Å². The van der Waals surface area contributed by atoms with E-state index in [-0.39, 0.29) is 5.91 Å². The van der Waals surface area contributed by atoms with Crippen molar-refractivity contribution in [2.24, 2.45) is 4.99 Å². The largest absolute Gasteiger partial charge is 0.382 e. The van der Waals surface area contributed by atoms with E-state index in [2.05, 4.69) is 20.9 Å². The summed E-state index contributed by atoms with van der Waals surface area (Å²) in [6.07, 6.45) is 0.884. The van der Waals surface area contributed by atoms with Crippen LogP contribution in [0.3, 0.4) is 0 Å². The van der Waals surface area contributed by atoms with Gasteiger partial charge in [0.2, 0.25) is 0 Å². The van der Waals surface area contributed by atoms with Gasteiger partial charge in [-0.25, -0.2) is 0 Å². The lowest BCUT2D eigenvalue weighted by molar-refractivity contribution is 0.0698. The number of benzene rings is 1. The Kier molecular flexibility index (Phi) is 11.1. The number of rotatable bonds is 11. The maximum Gasteiger partial charge on any atom is 0.251 e. The van der Waals surface area contributed by atoms with Crippen molar-refractivity contribution in [2.45, 2.75) is 6.42 Å². The zero-order valence-corrected chi connectivity index (χ0v) is 14.5. The van der Waals surface area contributed by atoms with Gasteiger partial charge in [-0.05, 0) is 18.6 Å². The third-order valence-corrected chi connectivity index (χ3v) is 3.15. The summed E-state index contributed by atoms with van der Waals surface area (Å²) in [6, 6.07) is 9.16. The zero-order chi connectivity index (χ0) is 17.5. The van der Waals surface area contributed by atoms with Crippen LogP contribution in [0.4, 0.5) is 0 Å². The first kappa shape index (κ1) is 19.9. The highest BCUT2D eigenvalue weighted by molar-refractivity contribution is 5.94. The van der Waals surface area contributed by atoms with Gasteiger partial charge in [-0.15, -0.1) is 0 Å². The molecular weight excluding hydrogens is 308 g/mol. The van der Waals surface area contributed by atoms with E-state index in [4.69, 9.17) is 9.47 Å². The molecule has 0 saturated heterocycles. The van der Waals surface area contributed by atoms with Gasteiger partial charge in [0.25, 0.3) is 5.91 Å². The second-order valence-corrected chi connectivity index (χ2v) is 5.01. The smallest absolute Gasteiger partial charge is 0.251 e. The van der Waals surface area contributed by atoms with Crippen LogP contribution in [0, 0.1) is 0 Å². The first-order valence-corrected chi connectivity index (χ1v) is 8.12. The number of nitrogens with one attached hydrogen (secondary N) is 3. The van der Waals surface area contributed by atoms with Crippen molar-refractivity contribution in [1.82, 2.24) is 16.0 Å². The third kappa shape index (κ3) is 9.12. The Bertz CT molecular complexity index is 480. The Morgan fingerprint density at radius 2 is 1.71 bits per heavy atom. The fourth-order valence-corrected chi connectivity index (χ4v) is 1.89. The average molecular weight is 336 g/mol. The Balaban J connectivity index is 2.06. The molecule has 0 aliphatic heterocycles. The highest BCUT2D eigenvalue weighted by Crippen LogP contribution is 1.96. The number of amides is 1. The summed E-state index contributed by atoms with van der Waals surface area (Å²) in [4.78, 5) is 16.0. The van der Waals surface area contributed by atoms with Crippen molar-refractivity contribution in [3.8, 4) is 0 Å². The molecule has 0 spiro atoms. The molecule has 0 heterocycles. The summed E-state index contributed by atoms with van der Waals surface area (Å²) in [7, 11) is 3.37. The van der Waals surface area contributed by atoms with Gasteiger partial charge < -0.3 is 25.4 Å². The van der Waals surface area contributed by atoms with Crippen LogP contribution < -0.4 is 16.0 Å². The van der Waals surface area contributed by atoms with Gasteiger partial charge in [0.15, 0.2) is 5.96 Å². The molecule has 0 fully saturated rings. The van der Waals surface area contributed by atoms with E-state index in [1.165, 1.54) is 0 Å². The first-order valence-electron chi connectivity index (χ1n) is 8.12. The number of hydrogen-bond donors (Lipinski definition) is 3. The lowest BCUT2D eigenvalue weighted by atomic mass is 10.2. The lowest BCUT2D eigenvalue weighted by Crippen LogP contribution is -2.42. The molecule has 0 unspecified atom stereocenters. The lowest BCUT2D eigenvalue weighted by Gasteiger charge is -2.12. The Morgan fingerprint density at radius 3 is 2.42 bits per heavy atom. The van der Waals surface area contributed by atoms with E-state index < -0.39 is 0 Å².